The summed E-state index contributed by atoms with van der Waals surface area (Å²) in [6.45, 7) is 2.84. The van der Waals surface area contributed by atoms with Crippen molar-refractivity contribution in [2.45, 2.75) is 31.7 Å². The number of amides is 2. The topological polar surface area (TPSA) is 45.6 Å². The van der Waals surface area contributed by atoms with Crippen molar-refractivity contribution in [3.05, 3.63) is 71.4 Å². The SMILES string of the molecule is CCCCN(C)C(=O)C1c2ccccc2C(=O)N(C)C1c1cn(C)c2ccccc12. The summed E-state index contributed by atoms with van der Waals surface area (Å²) in [5.41, 5.74) is 3.56. The average Bonchev–Trinajstić information content (AvgIpc) is 3.10. The van der Waals surface area contributed by atoms with E-state index < -0.39 is 5.92 Å². The first-order valence-corrected chi connectivity index (χ1v) is 10.6. The van der Waals surface area contributed by atoms with Crippen molar-refractivity contribution >= 4 is 22.7 Å². The standard InChI is InChI=1S/C25H29N3O2/c1-5-6-15-26(2)25(30)22-18-12-7-8-13-19(18)24(29)28(4)23(22)20-16-27(3)21-14-10-9-11-17(20)21/h7-14,16,22-23H,5-6,15H2,1-4H3. The van der Waals surface area contributed by atoms with Crippen LogP contribution in [0.15, 0.2) is 54.7 Å². The van der Waals surface area contributed by atoms with E-state index in [1.54, 1.807) is 4.90 Å². The van der Waals surface area contributed by atoms with E-state index in [0.717, 1.165) is 34.9 Å². The third-order valence-corrected chi connectivity index (χ3v) is 6.32. The van der Waals surface area contributed by atoms with E-state index >= 15 is 0 Å². The summed E-state index contributed by atoms with van der Waals surface area (Å²) in [7, 11) is 5.70. The third-order valence-electron chi connectivity index (χ3n) is 6.32. The number of nitrogens with zero attached hydrogens (tertiary/aromatic N) is 3. The molecule has 0 N–H and O–H groups in total. The lowest BCUT2D eigenvalue weighted by Gasteiger charge is -2.40. The number of likely N-dealkylation sites (N-methyl/N-ethyl adjacent to an activating group) is 2. The Hall–Kier alpha value is -3.08. The molecule has 0 aliphatic carbocycles. The molecule has 0 saturated heterocycles. The Kier molecular flexibility index (Phi) is 5.37. The molecular weight excluding hydrogens is 374 g/mol. The summed E-state index contributed by atoms with van der Waals surface area (Å²) < 4.78 is 2.08. The quantitative estimate of drug-likeness (QED) is 0.636. The highest BCUT2D eigenvalue weighted by molar-refractivity contribution is 6.02. The molecule has 1 aliphatic heterocycles. The Morgan fingerprint density at radius 2 is 1.73 bits per heavy atom. The molecule has 2 heterocycles. The smallest absolute Gasteiger partial charge is 0.254 e. The minimum absolute atomic E-state index is 0.0382. The van der Waals surface area contributed by atoms with Gasteiger partial charge < -0.3 is 14.4 Å². The van der Waals surface area contributed by atoms with Crippen LogP contribution in [0.25, 0.3) is 10.9 Å². The molecule has 0 bridgehead atoms. The highest BCUT2D eigenvalue weighted by Gasteiger charge is 2.44. The largest absolute Gasteiger partial charge is 0.350 e. The molecule has 5 heteroatoms. The molecule has 1 aromatic heterocycles. The van der Waals surface area contributed by atoms with Crippen LogP contribution in [0.3, 0.4) is 0 Å². The Morgan fingerprint density at radius 1 is 1.03 bits per heavy atom. The van der Waals surface area contributed by atoms with Gasteiger partial charge >= 0.3 is 0 Å². The van der Waals surface area contributed by atoms with Gasteiger partial charge in [-0.25, -0.2) is 0 Å². The summed E-state index contributed by atoms with van der Waals surface area (Å²) in [6.07, 6.45) is 4.06. The number of hydrogen-bond acceptors (Lipinski definition) is 2. The predicted octanol–water partition coefficient (Wildman–Crippen LogP) is 4.35. The van der Waals surface area contributed by atoms with E-state index in [2.05, 4.69) is 29.8 Å². The van der Waals surface area contributed by atoms with Gasteiger partial charge in [0.15, 0.2) is 0 Å². The van der Waals surface area contributed by atoms with Crippen molar-refractivity contribution in [2.75, 3.05) is 20.6 Å². The molecule has 2 aromatic carbocycles. The summed E-state index contributed by atoms with van der Waals surface area (Å²) in [5, 5.41) is 1.08. The number of carbonyl (C=O) groups excluding carboxylic acids is 2. The van der Waals surface area contributed by atoms with Gasteiger partial charge in [-0.2, -0.15) is 0 Å². The zero-order chi connectivity index (χ0) is 21.4. The molecule has 30 heavy (non-hydrogen) atoms. The van der Waals surface area contributed by atoms with Gasteiger partial charge in [0, 0.05) is 55.9 Å². The van der Waals surface area contributed by atoms with E-state index in [1.807, 2.05) is 62.4 Å². The van der Waals surface area contributed by atoms with Crippen molar-refractivity contribution in [1.29, 1.82) is 0 Å². The fourth-order valence-electron chi connectivity index (χ4n) is 4.68. The van der Waals surface area contributed by atoms with Crippen LogP contribution < -0.4 is 0 Å². The lowest BCUT2D eigenvalue weighted by atomic mass is 9.79. The van der Waals surface area contributed by atoms with E-state index in [-0.39, 0.29) is 17.9 Å². The van der Waals surface area contributed by atoms with Crippen molar-refractivity contribution in [2.24, 2.45) is 7.05 Å². The Labute approximate surface area is 177 Å². The van der Waals surface area contributed by atoms with Gasteiger partial charge in [-0.1, -0.05) is 49.7 Å². The Bertz CT molecular complexity index is 1100. The molecule has 156 valence electrons. The Morgan fingerprint density at radius 3 is 2.50 bits per heavy atom. The molecule has 2 unspecified atom stereocenters. The second kappa shape index (κ2) is 7.98. The maximum absolute atomic E-state index is 13.7. The van der Waals surface area contributed by atoms with Crippen LogP contribution in [-0.2, 0) is 11.8 Å². The van der Waals surface area contributed by atoms with Crippen LogP contribution in [0.4, 0.5) is 0 Å². The van der Waals surface area contributed by atoms with Crippen LogP contribution in [0, 0.1) is 0 Å². The third kappa shape index (κ3) is 3.18. The lowest BCUT2D eigenvalue weighted by Crippen LogP contribution is -2.46. The highest BCUT2D eigenvalue weighted by Crippen LogP contribution is 2.45. The molecule has 2 atom stereocenters. The molecule has 2 amide bonds. The number of carbonyl (C=O) groups is 2. The van der Waals surface area contributed by atoms with E-state index in [0.29, 0.717) is 12.1 Å². The maximum Gasteiger partial charge on any atom is 0.254 e. The molecule has 1 aliphatic rings. The number of hydrogen-bond donors (Lipinski definition) is 0. The first-order valence-electron chi connectivity index (χ1n) is 10.6. The van der Waals surface area contributed by atoms with Crippen molar-refractivity contribution in [3.63, 3.8) is 0 Å². The van der Waals surface area contributed by atoms with Crippen LogP contribution in [0.5, 0.6) is 0 Å². The molecule has 0 spiro atoms. The first-order chi connectivity index (χ1) is 14.5. The van der Waals surface area contributed by atoms with Gasteiger partial charge in [-0.3, -0.25) is 9.59 Å². The van der Waals surface area contributed by atoms with Gasteiger partial charge in [0.25, 0.3) is 5.91 Å². The number of unbranched alkanes of at least 4 members (excludes halogenated alkanes) is 1. The number of aryl methyl sites for hydroxylation is 1. The number of para-hydroxylation sites is 1. The van der Waals surface area contributed by atoms with Gasteiger partial charge in [0.05, 0.1) is 12.0 Å². The zero-order valence-electron chi connectivity index (χ0n) is 18.1. The van der Waals surface area contributed by atoms with Crippen LogP contribution in [-0.4, -0.2) is 46.8 Å². The molecule has 0 saturated carbocycles. The predicted molar refractivity (Wildman–Crippen MR) is 119 cm³/mol. The molecule has 0 radical (unpaired) electrons. The van der Waals surface area contributed by atoms with Gasteiger partial charge in [-0.05, 0) is 24.1 Å². The second-order valence-electron chi connectivity index (χ2n) is 8.25. The Balaban J connectivity index is 1.90. The van der Waals surface area contributed by atoms with Gasteiger partial charge in [-0.15, -0.1) is 0 Å². The van der Waals surface area contributed by atoms with E-state index in [9.17, 15) is 9.59 Å². The van der Waals surface area contributed by atoms with Crippen molar-refractivity contribution < 1.29 is 9.59 Å². The van der Waals surface area contributed by atoms with Gasteiger partial charge in [0.1, 0.15) is 0 Å². The maximum atomic E-state index is 13.7. The van der Waals surface area contributed by atoms with E-state index in [1.165, 1.54) is 0 Å². The molecule has 5 nitrogen and oxygen atoms in total. The summed E-state index contributed by atoms with van der Waals surface area (Å²) in [4.78, 5) is 30.6. The number of aromatic nitrogens is 1. The normalized spacial score (nSPS) is 18.5. The summed E-state index contributed by atoms with van der Waals surface area (Å²) in [5.74, 6) is -0.409. The van der Waals surface area contributed by atoms with E-state index in [4.69, 9.17) is 0 Å². The van der Waals surface area contributed by atoms with Crippen molar-refractivity contribution in [1.82, 2.24) is 14.4 Å². The number of fused-ring (bicyclic) bond motifs is 2. The second-order valence-corrected chi connectivity index (χ2v) is 8.25. The van der Waals surface area contributed by atoms with Crippen LogP contribution in [0.2, 0.25) is 0 Å². The highest BCUT2D eigenvalue weighted by atomic mass is 16.2. The number of rotatable bonds is 5. The minimum atomic E-state index is -0.434. The summed E-state index contributed by atoms with van der Waals surface area (Å²) >= 11 is 0. The molecule has 4 rings (SSSR count). The van der Waals surface area contributed by atoms with Gasteiger partial charge in [0.2, 0.25) is 5.91 Å². The number of benzene rings is 2. The first kappa shape index (κ1) is 20.2. The zero-order valence-corrected chi connectivity index (χ0v) is 18.1. The monoisotopic (exact) mass is 403 g/mol. The fraction of sp³-hybridized carbons (Fsp3) is 0.360. The molecule has 3 aromatic rings. The van der Waals surface area contributed by atoms with Crippen LogP contribution in [0.1, 0.15) is 53.2 Å². The van der Waals surface area contributed by atoms with Crippen molar-refractivity contribution in [3.8, 4) is 0 Å². The average molecular weight is 404 g/mol. The lowest BCUT2D eigenvalue weighted by molar-refractivity contribution is -0.133. The molecule has 0 fully saturated rings. The summed E-state index contributed by atoms with van der Waals surface area (Å²) in [6, 6.07) is 15.4. The minimum Gasteiger partial charge on any atom is -0.350 e. The fourth-order valence-corrected chi connectivity index (χ4v) is 4.68. The van der Waals surface area contributed by atoms with Crippen LogP contribution >= 0.6 is 0 Å². The molecular formula is C25H29N3O2.